The van der Waals surface area contributed by atoms with Gasteiger partial charge >= 0.3 is 39.5 Å². The van der Waals surface area contributed by atoms with Gasteiger partial charge in [-0.25, -0.2) is 9.13 Å². The van der Waals surface area contributed by atoms with Gasteiger partial charge in [-0.15, -0.1) is 0 Å². The maximum absolute atomic E-state index is 13.1. The van der Waals surface area contributed by atoms with E-state index >= 15 is 0 Å². The van der Waals surface area contributed by atoms with Crippen LogP contribution in [0, 0.1) is 0 Å². The molecule has 5 unspecified atom stereocenters. The molecule has 0 radical (unpaired) electrons. The van der Waals surface area contributed by atoms with Gasteiger partial charge in [0, 0.05) is 25.7 Å². The lowest BCUT2D eigenvalue weighted by Gasteiger charge is -2.21. The van der Waals surface area contributed by atoms with Gasteiger partial charge in [0.15, 0.2) is 12.2 Å². The highest BCUT2D eigenvalue weighted by molar-refractivity contribution is 7.47. The molecule has 0 aromatic carbocycles. The van der Waals surface area contributed by atoms with Crippen molar-refractivity contribution in [1.82, 2.24) is 0 Å². The predicted octanol–water partition coefficient (Wildman–Crippen LogP) is 24.6. The fraction of sp³-hybridized carbons (Fsp3) is 0.640. The Morgan fingerprint density at radius 2 is 0.500 bits per heavy atom. The smallest absolute Gasteiger partial charge is 0.462 e. The summed E-state index contributed by atoms with van der Waals surface area (Å²) in [7, 11) is -10.0. The van der Waals surface area contributed by atoms with Gasteiger partial charge in [-0.3, -0.25) is 37.3 Å². The summed E-state index contributed by atoms with van der Waals surface area (Å²) in [4.78, 5) is 73.1. The zero-order valence-corrected chi connectivity index (χ0v) is 69.0. The van der Waals surface area contributed by atoms with Crippen LogP contribution in [-0.2, 0) is 65.4 Å². The molecule has 0 saturated heterocycles. The van der Waals surface area contributed by atoms with Crippen LogP contribution >= 0.6 is 15.6 Å². The Morgan fingerprint density at radius 1 is 0.269 bits per heavy atom. The molecule has 0 saturated carbocycles. The van der Waals surface area contributed by atoms with Crippen LogP contribution in [0.25, 0.3) is 0 Å². The summed E-state index contributed by atoms with van der Waals surface area (Å²) in [5, 5.41) is 10.7. The number of rotatable bonds is 76. The minimum Gasteiger partial charge on any atom is -0.462 e. The molecule has 0 aliphatic rings. The lowest BCUT2D eigenvalue weighted by atomic mass is 10.1. The van der Waals surface area contributed by atoms with Gasteiger partial charge in [-0.1, -0.05) is 288 Å². The monoisotopic (exact) mass is 1550 g/mol. The topological polar surface area (TPSA) is 237 Å². The van der Waals surface area contributed by atoms with Gasteiger partial charge in [-0.2, -0.15) is 0 Å². The summed E-state index contributed by atoms with van der Waals surface area (Å²) >= 11 is 0. The summed E-state index contributed by atoms with van der Waals surface area (Å²) in [6.45, 7) is 4.47. The summed E-state index contributed by atoms with van der Waals surface area (Å²) < 4.78 is 68.6. The Balaban J connectivity index is 5.48. The molecule has 614 valence electrons. The quantitative estimate of drug-likeness (QED) is 0.0169. The number of aliphatic hydroxyl groups excluding tert-OH is 1. The molecule has 19 heteroatoms. The second kappa shape index (κ2) is 79.5. The van der Waals surface area contributed by atoms with Crippen LogP contribution in [0.1, 0.15) is 310 Å². The Morgan fingerprint density at radius 3 is 0.824 bits per heavy atom. The average Bonchev–Trinajstić information content (AvgIpc) is 0.892. The van der Waals surface area contributed by atoms with Crippen molar-refractivity contribution in [1.29, 1.82) is 0 Å². The van der Waals surface area contributed by atoms with Crippen molar-refractivity contribution >= 4 is 39.5 Å². The SMILES string of the molecule is CC/C=C\C/C=C\C/C=C\C/C=C\C/C=C\C/C=C\CCC(=O)OCC(COP(=O)(O)OCC(O)COP(=O)(O)OCC(COC(=O)CCCCCC/C=C\C/C=C\C/C=C\C/C=C\CC)OC(=O)CCCCCCC/C=C\CCCCCC)OC(=O)CCCCCCCC/C=C\C/C=C\C/C=C\CCCCC. The molecule has 0 amide bonds. The largest absolute Gasteiger partial charge is 0.472 e. The van der Waals surface area contributed by atoms with Crippen LogP contribution in [0.5, 0.6) is 0 Å². The van der Waals surface area contributed by atoms with E-state index in [4.69, 9.17) is 37.0 Å². The molecule has 108 heavy (non-hydrogen) atoms. The van der Waals surface area contributed by atoms with E-state index in [2.05, 4.69) is 180 Å². The number of aliphatic hydroxyl groups is 1. The number of carbonyl (C=O) groups is 4. The van der Waals surface area contributed by atoms with Gasteiger partial charge < -0.3 is 33.8 Å². The van der Waals surface area contributed by atoms with Crippen LogP contribution < -0.4 is 0 Å². The maximum atomic E-state index is 13.1. The minimum atomic E-state index is -5.01. The first-order valence-corrected chi connectivity index (χ1v) is 44.4. The van der Waals surface area contributed by atoms with Crippen LogP contribution in [0.2, 0.25) is 0 Å². The second-order valence-corrected chi connectivity index (χ2v) is 29.8. The molecule has 17 nitrogen and oxygen atoms in total. The van der Waals surface area contributed by atoms with Crippen LogP contribution in [0.15, 0.2) is 170 Å². The number of hydrogen-bond donors (Lipinski definition) is 3. The van der Waals surface area contributed by atoms with Crippen LogP contribution in [0.4, 0.5) is 0 Å². The molecule has 0 heterocycles. The van der Waals surface area contributed by atoms with E-state index in [-0.39, 0.29) is 25.7 Å². The predicted molar refractivity (Wildman–Crippen MR) is 445 cm³/mol. The van der Waals surface area contributed by atoms with Crippen molar-refractivity contribution in [3.63, 3.8) is 0 Å². The zero-order chi connectivity index (χ0) is 78.9. The standard InChI is InChI=1S/C89H146O17P2/c1-5-9-13-17-21-25-29-33-36-39-41-44-47-51-54-58-62-66-70-74-87(92)100-80-85(106-89(94)76-72-68-64-60-56-52-48-45-42-40-37-34-30-26-22-18-14-10-6-2)82-104-108(97,98)102-78-83(90)77-101-107(95,96)103-81-84(105-88(93)75-71-67-63-59-55-49-32-28-24-20-16-12-8-4)79-99-86(91)73-69-65-61-57-53-50-46-43-38-35-31-27-23-19-15-11-7-3/h9,11,13,15,21-23,25-28,32-38,41-42,44-46,50-51,54,62,66,83-85,90H,5-8,10,12,14,16-20,24,29-31,39-40,43,47-49,52-53,55-61,63-65,67-82H2,1-4H3,(H,95,96)(H,97,98)/b13-9-,15-11-,25-21-,26-22-,27-23-,32-28-,36-33-,37-34-,38-35-,44-41-,45-42-,50-46-,54-51-,66-62-. The number of carbonyl (C=O) groups excluding carboxylic acids is 4. The molecule has 0 aromatic heterocycles. The number of hydrogen-bond acceptors (Lipinski definition) is 15. The van der Waals surface area contributed by atoms with Crippen molar-refractivity contribution in [3.05, 3.63) is 170 Å². The molecule has 0 aromatic rings. The van der Waals surface area contributed by atoms with E-state index in [1.54, 1.807) is 0 Å². The zero-order valence-electron chi connectivity index (χ0n) is 67.2. The highest BCUT2D eigenvalue weighted by Gasteiger charge is 2.30. The Kier molecular flexibility index (Phi) is 75.4. The van der Waals surface area contributed by atoms with Gasteiger partial charge in [0.25, 0.3) is 0 Å². The van der Waals surface area contributed by atoms with Crippen molar-refractivity contribution in [3.8, 4) is 0 Å². The number of phosphoric ester groups is 2. The first kappa shape index (κ1) is 102. The Bertz CT molecular complexity index is 2710. The van der Waals surface area contributed by atoms with Crippen LogP contribution in [-0.4, -0.2) is 96.7 Å². The van der Waals surface area contributed by atoms with Gasteiger partial charge in [0.05, 0.1) is 26.4 Å². The Labute approximate surface area is 654 Å². The van der Waals surface area contributed by atoms with Crippen molar-refractivity contribution in [2.45, 2.75) is 329 Å². The second-order valence-electron chi connectivity index (χ2n) is 26.9. The summed E-state index contributed by atoms with van der Waals surface area (Å²) in [6, 6.07) is 0. The van der Waals surface area contributed by atoms with Crippen LogP contribution in [0.3, 0.4) is 0 Å². The number of esters is 4. The first-order chi connectivity index (χ1) is 52.7. The number of ether oxygens (including phenoxy) is 4. The van der Waals surface area contributed by atoms with Gasteiger partial charge in [0.1, 0.15) is 19.3 Å². The van der Waals surface area contributed by atoms with Gasteiger partial charge in [0.2, 0.25) is 0 Å². The van der Waals surface area contributed by atoms with E-state index in [9.17, 15) is 43.2 Å². The highest BCUT2D eigenvalue weighted by Crippen LogP contribution is 2.45. The number of allylic oxidation sites excluding steroid dienone is 28. The fourth-order valence-electron chi connectivity index (χ4n) is 10.4. The third kappa shape index (κ3) is 78.5. The molecule has 0 aliphatic carbocycles. The van der Waals surface area contributed by atoms with E-state index < -0.39 is 97.5 Å². The molecule has 0 spiro atoms. The van der Waals surface area contributed by atoms with E-state index in [0.717, 1.165) is 180 Å². The van der Waals surface area contributed by atoms with Crippen molar-refractivity contribution < 1.29 is 80.2 Å². The molecular formula is C89H146O17P2. The van der Waals surface area contributed by atoms with Gasteiger partial charge in [-0.05, 0) is 167 Å². The lowest BCUT2D eigenvalue weighted by molar-refractivity contribution is -0.161. The molecule has 0 aliphatic heterocycles. The molecule has 0 bridgehead atoms. The molecule has 3 N–H and O–H groups in total. The third-order valence-electron chi connectivity index (χ3n) is 16.7. The maximum Gasteiger partial charge on any atom is 0.472 e. The lowest BCUT2D eigenvalue weighted by Crippen LogP contribution is -2.30. The normalized spacial score (nSPS) is 14.7. The Hall–Kier alpha value is -5.58. The summed E-state index contributed by atoms with van der Waals surface area (Å²) in [6.07, 6.45) is 94.8. The highest BCUT2D eigenvalue weighted by atomic mass is 31.2. The van der Waals surface area contributed by atoms with E-state index in [1.807, 2.05) is 18.2 Å². The fourth-order valence-corrected chi connectivity index (χ4v) is 12.0. The minimum absolute atomic E-state index is 0.0271. The third-order valence-corrected chi connectivity index (χ3v) is 18.6. The number of unbranched alkanes of at least 4 members (excludes halogenated alkanes) is 22. The molecule has 0 fully saturated rings. The molecule has 5 atom stereocenters. The van der Waals surface area contributed by atoms with Crippen molar-refractivity contribution in [2.24, 2.45) is 0 Å². The number of phosphoric acid groups is 2. The van der Waals surface area contributed by atoms with E-state index in [1.165, 1.54) is 44.9 Å². The summed E-state index contributed by atoms with van der Waals surface area (Å²) in [5.74, 6) is -2.33. The first-order valence-electron chi connectivity index (χ1n) is 41.4. The summed E-state index contributed by atoms with van der Waals surface area (Å²) in [5.41, 5.74) is 0. The van der Waals surface area contributed by atoms with Crippen molar-refractivity contribution in [2.75, 3.05) is 39.6 Å². The molecular weight excluding hydrogens is 1400 g/mol. The average molecular weight is 1550 g/mol. The van der Waals surface area contributed by atoms with E-state index in [0.29, 0.717) is 32.1 Å². The molecule has 0 rings (SSSR count).